The lowest BCUT2D eigenvalue weighted by Gasteiger charge is -2.41. The summed E-state index contributed by atoms with van der Waals surface area (Å²) in [5.74, 6) is 1.00. The molecule has 1 fully saturated rings. The van der Waals surface area contributed by atoms with E-state index in [1.807, 2.05) is 32.5 Å². The van der Waals surface area contributed by atoms with Gasteiger partial charge in [0.1, 0.15) is 16.3 Å². The number of nitrogens with zero attached hydrogens (tertiary/aromatic N) is 1. The molecule has 0 radical (unpaired) electrons. The van der Waals surface area contributed by atoms with Gasteiger partial charge in [0.05, 0.1) is 22.9 Å². The molecule has 2 heterocycles. The van der Waals surface area contributed by atoms with Crippen LogP contribution in [0, 0.1) is 0 Å². The molecule has 3 rings (SSSR count). The Bertz CT molecular complexity index is 810. The zero-order valence-corrected chi connectivity index (χ0v) is 19.6. The fourth-order valence-electron chi connectivity index (χ4n) is 3.61. The van der Waals surface area contributed by atoms with E-state index < -0.39 is 17.7 Å². The lowest BCUT2D eigenvalue weighted by Crippen LogP contribution is -2.51. The zero-order valence-electron chi connectivity index (χ0n) is 17.2. The summed E-state index contributed by atoms with van der Waals surface area (Å²) in [6, 6.07) is 1.40. The molecule has 1 atom stereocenters. The third-order valence-corrected chi connectivity index (χ3v) is 8.19. The number of carbonyl (C=O) groups is 2. The number of esters is 1. The maximum absolute atomic E-state index is 12.5. The minimum Gasteiger partial charge on any atom is -0.465 e. The van der Waals surface area contributed by atoms with E-state index >= 15 is 0 Å². The van der Waals surface area contributed by atoms with Crippen LogP contribution in [0.3, 0.4) is 0 Å². The molecule has 1 aromatic rings. The van der Waals surface area contributed by atoms with Crippen LogP contribution in [0.2, 0.25) is 5.02 Å². The predicted molar refractivity (Wildman–Crippen MR) is 118 cm³/mol. The van der Waals surface area contributed by atoms with Gasteiger partial charge in [-0.15, -0.1) is 23.1 Å². The summed E-state index contributed by atoms with van der Waals surface area (Å²) >= 11 is 9.52. The molecule has 1 aliphatic heterocycles. The first-order valence-corrected chi connectivity index (χ1v) is 11.9. The number of amides is 1. The van der Waals surface area contributed by atoms with Crippen LogP contribution in [0.25, 0.3) is 0 Å². The molecule has 0 aromatic carbocycles. The summed E-state index contributed by atoms with van der Waals surface area (Å²) in [6.07, 6.45) is 4.88. The highest BCUT2D eigenvalue weighted by molar-refractivity contribution is 8.01. The third-order valence-electron chi connectivity index (χ3n) is 4.92. The largest absolute Gasteiger partial charge is 0.465 e. The van der Waals surface area contributed by atoms with E-state index in [4.69, 9.17) is 26.1 Å². The van der Waals surface area contributed by atoms with Crippen molar-refractivity contribution in [1.82, 2.24) is 5.32 Å². The van der Waals surface area contributed by atoms with Crippen LogP contribution in [0.4, 0.5) is 4.79 Å². The second kappa shape index (κ2) is 8.86. The number of amidine groups is 1. The Morgan fingerprint density at radius 1 is 1.28 bits per heavy atom. The van der Waals surface area contributed by atoms with E-state index in [-0.39, 0.29) is 10.8 Å². The third kappa shape index (κ3) is 5.27. The van der Waals surface area contributed by atoms with Crippen molar-refractivity contribution in [2.24, 2.45) is 4.99 Å². The van der Waals surface area contributed by atoms with E-state index in [2.05, 4.69) is 5.32 Å². The standard InChI is InChI=1S/C20H27ClN2O4S2/c1-19(2,3)27-18(25)23-17-20(8-6-5-7-9-20)28-11-13(22-17)15-12(21)10-14(29-15)16(24)26-4/h10,13H,5-9,11H2,1-4H3,(H,22,23,25). The molecule has 1 aliphatic carbocycles. The topological polar surface area (TPSA) is 77.0 Å². The van der Waals surface area contributed by atoms with E-state index in [0.29, 0.717) is 15.7 Å². The normalized spacial score (nSPS) is 21.4. The van der Waals surface area contributed by atoms with Crippen LogP contribution < -0.4 is 5.32 Å². The fourth-order valence-corrected chi connectivity index (χ4v) is 6.68. The number of halogens is 1. The van der Waals surface area contributed by atoms with E-state index in [0.717, 1.165) is 36.3 Å². The Balaban J connectivity index is 1.90. The maximum Gasteiger partial charge on any atom is 0.413 e. The molecule has 0 bridgehead atoms. The summed E-state index contributed by atoms with van der Waals surface area (Å²) < 4.78 is 10.1. The number of methoxy groups -OCH3 is 1. The van der Waals surface area contributed by atoms with Crippen molar-refractivity contribution < 1.29 is 19.1 Å². The average molecular weight is 459 g/mol. The Labute approximate surface area is 184 Å². The van der Waals surface area contributed by atoms with Gasteiger partial charge in [-0.1, -0.05) is 30.9 Å². The summed E-state index contributed by atoms with van der Waals surface area (Å²) in [6.45, 7) is 5.51. The molecule has 1 N–H and O–H groups in total. The van der Waals surface area contributed by atoms with Crippen molar-refractivity contribution in [3.63, 3.8) is 0 Å². The average Bonchev–Trinajstić information content (AvgIpc) is 3.04. The SMILES string of the molecule is COC(=O)c1cc(Cl)c(C2CSC3(CCCCC3)C(NC(=O)OC(C)(C)C)=N2)s1. The van der Waals surface area contributed by atoms with Crippen molar-refractivity contribution in [3.8, 4) is 0 Å². The lowest BCUT2D eigenvalue weighted by molar-refractivity contribution is 0.0558. The summed E-state index contributed by atoms with van der Waals surface area (Å²) in [5, 5.41) is 3.43. The van der Waals surface area contributed by atoms with Gasteiger partial charge in [0.25, 0.3) is 0 Å². The number of nitrogens with one attached hydrogen (secondary N) is 1. The maximum atomic E-state index is 12.5. The van der Waals surface area contributed by atoms with Crippen molar-refractivity contribution in [2.75, 3.05) is 12.9 Å². The van der Waals surface area contributed by atoms with Gasteiger partial charge in [-0.2, -0.15) is 0 Å². The Hall–Kier alpha value is -1.25. The van der Waals surface area contributed by atoms with Crippen molar-refractivity contribution in [3.05, 3.63) is 20.8 Å². The number of thioether (sulfide) groups is 1. The predicted octanol–water partition coefficient (Wildman–Crippen LogP) is 5.60. The summed E-state index contributed by atoms with van der Waals surface area (Å²) in [7, 11) is 1.35. The van der Waals surface area contributed by atoms with Gasteiger partial charge in [0, 0.05) is 10.6 Å². The van der Waals surface area contributed by atoms with Gasteiger partial charge in [0.2, 0.25) is 0 Å². The van der Waals surface area contributed by atoms with Crippen molar-refractivity contribution in [1.29, 1.82) is 0 Å². The summed E-state index contributed by atoms with van der Waals surface area (Å²) in [4.78, 5) is 30.5. The molecule has 160 valence electrons. The molecule has 9 heteroatoms. The number of hydrogen-bond acceptors (Lipinski definition) is 7. The zero-order chi connectivity index (χ0) is 21.2. The van der Waals surface area contributed by atoms with Crippen LogP contribution >= 0.6 is 34.7 Å². The van der Waals surface area contributed by atoms with E-state index in [1.54, 1.807) is 6.07 Å². The lowest BCUT2D eigenvalue weighted by atomic mass is 9.87. The van der Waals surface area contributed by atoms with Crippen LogP contribution in [0.5, 0.6) is 0 Å². The smallest absolute Gasteiger partial charge is 0.413 e. The minimum absolute atomic E-state index is 0.194. The molecule has 1 saturated carbocycles. The van der Waals surface area contributed by atoms with Crippen LogP contribution in [0.15, 0.2) is 11.1 Å². The van der Waals surface area contributed by atoms with Crippen molar-refractivity contribution >= 4 is 52.6 Å². The second-order valence-electron chi connectivity index (χ2n) is 8.30. The number of thiophene rings is 1. The molecule has 6 nitrogen and oxygen atoms in total. The Kier molecular flexibility index (Phi) is 6.85. The number of aliphatic imine (C=N–C) groups is 1. The number of carbonyl (C=O) groups excluding carboxylic acids is 2. The first-order chi connectivity index (χ1) is 13.6. The molecule has 1 aromatic heterocycles. The van der Waals surface area contributed by atoms with Crippen molar-refractivity contribution in [2.45, 2.75) is 69.3 Å². The van der Waals surface area contributed by atoms with Crippen LogP contribution in [-0.4, -0.2) is 41.1 Å². The first kappa shape index (κ1) is 22.4. The molecular weight excluding hydrogens is 432 g/mol. The number of alkyl carbamates (subject to hydrolysis) is 1. The number of rotatable bonds is 2. The molecule has 1 amide bonds. The van der Waals surface area contributed by atoms with Gasteiger partial charge < -0.3 is 9.47 Å². The van der Waals surface area contributed by atoms with Gasteiger partial charge in [-0.05, 0) is 39.7 Å². The molecule has 1 spiro atoms. The molecule has 0 saturated heterocycles. The summed E-state index contributed by atoms with van der Waals surface area (Å²) in [5.41, 5.74) is -0.585. The molecule has 2 aliphatic rings. The van der Waals surface area contributed by atoms with Gasteiger partial charge in [-0.25, -0.2) is 9.59 Å². The van der Waals surface area contributed by atoms with Crippen LogP contribution in [-0.2, 0) is 9.47 Å². The number of hydrogen-bond donors (Lipinski definition) is 1. The van der Waals surface area contributed by atoms with E-state index in [9.17, 15) is 9.59 Å². The van der Waals surface area contributed by atoms with Crippen LogP contribution in [0.1, 0.15) is 73.5 Å². The van der Waals surface area contributed by atoms with Gasteiger partial charge in [0.15, 0.2) is 0 Å². The fraction of sp³-hybridized carbons (Fsp3) is 0.650. The van der Waals surface area contributed by atoms with Gasteiger partial charge >= 0.3 is 12.1 Å². The van der Waals surface area contributed by atoms with Gasteiger partial charge in [-0.3, -0.25) is 10.3 Å². The highest BCUT2D eigenvalue weighted by Gasteiger charge is 2.43. The minimum atomic E-state index is -0.585. The highest BCUT2D eigenvalue weighted by Crippen LogP contribution is 2.48. The quantitative estimate of drug-likeness (QED) is 0.583. The Morgan fingerprint density at radius 2 is 1.97 bits per heavy atom. The molecule has 1 unspecified atom stereocenters. The monoisotopic (exact) mass is 458 g/mol. The van der Waals surface area contributed by atoms with E-state index in [1.165, 1.54) is 24.9 Å². The Morgan fingerprint density at radius 3 is 2.59 bits per heavy atom. The second-order valence-corrected chi connectivity index (χ2v) is 11.2. The number of ether oxygens (including phenoxy) is 2. The first-order valence-electron chi connectivity index (χ1n) is 9.73. The highest BCUT2D eigenvalue weighted by atomic mass is 35.5. The molecule has 29 heavy (non-hydrogen) atoms. The molecular formula is C20H27ClN2O4S2.